The molecule has 0 aliphatic heterocycles. The number of rotatable bonds is 8. The quantitative estimate of drug-likeness (QED) is 0.592. The van der Waals surface area contributed by atoms with Crippen LogP contribution in [0.5, 0.6) is 0 Å². The normalized spacial score (nSPS) is 20.5. The molecule has 3 aliphatic carbocycles. The Kier molecular flexibility index (Phi) is 5.18. The molecule has 1 atom stereocenters. The molecule has 2 aromatic rings. The lowest BCUT2D eigenvalue weighted by molar-refractivity contribution is -0.117. The molecule has 0 bridgehead atoms. The second kappa shape index (κ2) is 7.98. The highest BCUT2D eigenvalue weighted by Crippen LogP contribution is 2.42. The molecule has 0 aromatic carbocycles. The fourth-order valence-corrected chi connectivity index (χ4v) is 5.27. The van der Waals surface area contributed by atoms with Crippen molar-refractivity contribution in [3.05, 3.63) is 16.0 Å². The molecular formula is C20H29N7O2S. The lowest BCUT2D eigenvalue weighted by Crippen LogP contribution is -2.29. The molecule has 3 N–H and O–H groups in total. The van der Waals surface area contributed by atoms with Crippen molar-refractivity contribution in [2.24, 2.45) is 11.8 Å². The van der Waals surface area contributed by atoms with E-state index in [2.05, 4.69) is 31.5 Å². The minimum Gasteiger partial charge on any atom is -0.353 e. The number of nitrogens with one attached hydrogen (secondary N) is 3. The zero-order valence-electron chi connectivity index (χ0n) is 17.1. The van der Waals surface area contributed by atoms with Gasteiger partial charge in [-0.1, -0.05) is 5.10 Å². The third-order valence-electron chi connectivity index (χ3n) is 6.07. The number of tetrazole rings is 1. The van der Waals surface area contributed by atoms with Crippen LogP contribution in [0.1, 0.15) is 67.3 Å². The minimum absolute atomic E-state index is 0. The molecule has 10 heteroatoms. The van der Waals surface area contributed by atoms with E-state index >= 15 is 0 Å². The summed E-state index contributed by atoms with van der Waals surface area (Å²) in [4.78, 5) is 26.8. The summed E-state index contributed by atoms with van der Waals surface area (Å²) in [6, 6.07) is 0.0816. The zero-order chi connectivity index (χ0) is 20.7. The highest BCUT2D eigenvalue weighted by molar-refractivity contribution is 7.17. The number of nitrogens with zero attached hydrogens (tertiary/aromatic N) is 4. The number of amides is 2. The fourth-order valence-electron chi connectivity index (χ4n) is 4.02. The molecule has 2 heterocycles. The van der Waals surface area contributed by atoms with Crippen LogP contribution < -0.4 is 16.0 Å². The summed E-state index contributed by atoms with van der Waals surface area (Å²) in [6.07, 6.45) is 6.67. The van der Waals surface area contributed by atoms with Crippen molar-refractivity contribution in [2.75, 3.05) is 23.7 Å². The molecule has 3 aliphatic rings. The smallest absolute Gasteiger partial charge is 0.254 e. The van der Waals surface area contributed by atoms with Crippen molar-refractivity contribution in [1.29, 1.82) is 0 Å². The maximum atomic E-state index is 13.1. The summed E-state index contributed by atoms with van der Waals surface area (Å²) >= 11 is 1.56. The zero-order valence-corrected chi connectivity index (χ0v) is 17.9. The van der Waals surface area contributed by atoms with Crippen LogP contribution in [-0.2, 0) is 17.6 Å². The molecule has 2 aromatic heterocycles. The van der Waals surface area contributed by atoms with Gasteiger partial charge in [0, 0.05) is 25.3 Å². The van der Waals surface area contributed by atoms with E-state index in [1.54, 1.807) is 11.3 Å². The molecule has 30 heavy (non-hydrogen) atoms. The Hall–Kier alpha value is -2.49. The van der Waals surface area contributed by atoms with E-state index in [1.165, 1.54) is 17.7 Å². The second-order valence-corrected chi connectivity index (χ2v) is 9.60. The maximum absolute atomic E-state index is 13.1. The Morgan fingerprint density at radius 3 is 2.80 bits per heavy atom. The molecule has 2 saturated carbocycles. The number of aromatic nitrogens is 4. The van der Waals surface area contributed by atoms with Crippen LogP contribution in [0.25, 0.3) is 0 Å². The van der Waals surface area contributed by atoms with Crippen LogP contribution in [0.4, 0.5) is 10.9 Å². The van der Waals surface area contributed by atoms with Gasteiger partial charge in [0.25, 0.3) is 5.91 Å². The highest BCUT2D eigenvalue weighted by atomic mass is 32.1. The largest absolute Gasteiger partial charge is 0.353 e. The second-order valence-electron chi connectivity index (χ2n) is 8.50. The highest BCUT2D eigenvalue weighted by Gasteiger charge is 2.35. The van der Waals surface area contributed by atoms with Gasteiger partial charge in [0.05, 0.1) is 11.6 Å². The number of carbonyl (C=O) groups is 2. The Bertz CT molecular complexity index is 967. The lowest BCUT2D eigenvalue weighted by Gasteiger charge is -2.23. The predicted octanol–water partition coefficient (Wildman–Crippen LogP) is 2.63. The molecule has 9 nitrogen and oxygen atoms in total. The van der Waals surface area contributed by atoms with Crippen LogP contribution in [0, 0.1) is 11.8 Å². The number of fused-ring (bicyclic) bond motifs is 1. The Morgan fingerprint density at radius 1 is 1.23 bits per heavy atom. The minimum atomic E-state index is -0.0743. The van der Waals surface area contributed by atoms with Gasteiger partial charge in [0.1, 0.15) is 5.00 Å². The van der Waals surface area contributed by atoms with Crippen molar-refractivity contribution in [2.45, 2.75) is 57.9 Å². The van der Waals surface area contributed by atoms with Crippen molar-refractivity contribution < 1.29 is 11.0 Å². The molecule has 0 spiro atoms. The Labute approximate surface area is 180 Å². The molecule has 1 unspecified atom stereocenters. The first kappa shape index (κ1) is 19.5. The van der Waals surface area contributed by atoms with E-state index < -0.39 is 0 Å². The summed E-state index contributed by atoms with van der Waals surface area (Å²) in [5.74, 6) is 1.32. The van der Waals surface area contributed by atoms with Gasteiger partial charge in [-0.15, -0.1) is 11.3 Å². The SMILES string of the molecule is CCNc1nnnn1C1CCc2sc(NC(=O)C3CC3)c(C(=O)NCC3CC3)c2C1.[HH]. The van der Waals surface area contributed by atoms with E-state index in [0.29, 0.717) is 35.4 Å². The molecule has 2 amide bonds. The molecule has 2 fully saturated rings. The average molecular weight is 432 g/mol. The Balaban J connectivity index is 0.00000231. The molecule has 0 saturated heterocycles. The van der Waals surface area contributed by atoms with Gasteiger partial charge in [0.2, 0.25) is 11.9 Å². The predicted molar refractivity (Wildman–Crippen MR) is 116 cm³/mol. The van der Waals surface area contributed by atoms with E-state index in [0.717, 1.165) is 37.8 Å². The number of anilines is 2. The average Bonchev–Trinajstić information content (AvgIpc) is 3.66. The van der Waals surface area contributed by atoms with Gasteiger partial charge in [-0.2, -0.15) is 0 Å². The summed E-state index contributed by atoms with van der Waals surface area (Å²) in [7, 11) is 0. The number of aryl methyl sites for hydroxylation is 1. The number of carbonyl (C=O) groups excluding carboxylic acids is 2. The number of thiophene rings is 1. The van der Waals surface area contributed by atoms with E-state index in [1.807, 2.05) is 11.6 Å². The first-order valence-corrected chi connectivity index (χ1v) is 11.7. The van der Waals surface area contributed by atoms with Gasteiger partial charge in [-0.25, -0.2) is 4.68 Å². The van der Waals surface area contributed by atoms with E-state index in [-0.39, 0.29) is 25.2 Å². The van der Waals surface area contributed by atoms with Crippen LogP contribution in [0.15, 0.2) is 0 Å². The molecule has 5 rings (SSSR count). The van der Waals surface area contributed by atoms with Gasteiger partial charge < -0.3 is 16.0 Å². The third-order valence-corrected chi connectivity index (χ3v) is 7.28. The third kappa shape index (κ3) is 3.92. The first-order valence-electron chi connectivity index (χ1n) is 10.9. The fraction of sp³-hybridized carbons (Fsp3) is 0.650. The molecule has 162 valence electrons. The summed E-state index contributed by atoms with van der Waals surface area (Å²) in [5.41, 5.74) is 1.68. The summed E-state index contributed by atoms with van der Waals surface area (Å²) < 4.78 is 1.83. The monoisotopic (exact) mass is 431 g/mol. The van der Waals surface area contributed by atoms with Crippen molar-refractivity contribution in [1.82, 2.24) is 25.5 Å². The lowest BCUT2D eigenvalue weighted by atomic mass is 9.91. The Morgan fingerprint density at radius 2 is 2.07 bits per heavy atom. The van der Waals surface area contributed by atoms with Gasteiger partial charge in [0.15, 0.2) is 0 Å². The van der Waals surface area contributed by atoms with Gasteiger partial charge in [-0.05, 0) is 73.8 Å². The molecule has 0 radical (unpaired) electrons. The first-order chi connectivity index (χ1) is 14.6. The van der Waals surface area contributed by atoms with Crippen LogP contribution in [0.2, 0.25) is 0 Å². The van der Waals surface area contributed by atoms with Crippen molar-refractivity contribution in [3.63, 3.8) is 0 Å². The van der Waals surface area contributed by atoms with E-state index in [4.69, 9.17) is 0 Å². The maximum Gasteiger partial charge on any atom is 0.254 e. The van der Waals surface area contributed by atoms with Crippen molar-refractivity contribution >= 4 is 34.1 Å². The standard InChI is InChI=1S/C20H27N7O2S.H2/c1-2-21-20-24-25-26-27(20)13-7-8-15-14(9-13)16(18(29)22-10-11-3-4-11)19(30-15)23-17(28)12-5-6-12;/h11-13H,2-10H2,1H3,(H,22,29)(H,23,28)(H,21,24,26);1H. The summed E-state index contributed by atoms with van der Waals surface area (Å²) in [6.45, 7) is 3.46. The number of hydrogen-bond acceptors (Lipinski definition) is 7. The van der Waals surface area contributed by atoms with Gasteiger partial charge in [-0.3, -0.25) is 9.59 Å². The van der Waals surface area contributed by atoms with Crippen LogP contribution in [0.3, 0.4) is 0 Å². The number of hydrogen-bond donors (Lipinski definition) is 3. The van der Waals surface area contributed by atoms with Gasteiger partial charge >= 0.3 is 0 Å². The van der Waals surface area contributed by atoms with E-state index in [9.17, 15) is 9.59 Å². The summed E-state index contributed by atoms with van der Waals surface area (Å²) in [5, 5.41) is 22.1. The van der Waals surface area contributed by atoms with Crippen LogP contribution >= 0.6 is 11.3 Å². The topological polar surface area (TPSA) is 114 Å². The van der Waals surface area contributed by atoms with Crippen LogP contribution in [-0.4, -0.2) is 45.1 Å². The molecular weight excluding hydrogens is 402 g/mol. The van der Waals surface area contributed by atoms with Crippen molar-refractivity contribution in [3.8, 4) is 0 Å².